The molecule has 0 aliphatic carbocycles. The third-order valence-corrected chi connectivity index (χ3v) is 4.05. The van der Waals surface area contributed by atoms with Gasteiger partial charge in [-0.2, -0.15) is 4.40 Å². The number of ether oxygens (including phenoxy) is 1. The number of nitrogens with zero attached hydrogens (tertiary/aromatic N) is 1. The molecule has 0 aliphatic rings. The number of halogens is 4. The van der Waals surface area contributed by atoms with Crippen molar-refractivity contribution in [2.75, 3.05) is 0 Å². The topological polar surface area (TPSA) is 38.7 Å². The zero-order valence-corrected chi connectivity index (χ0v) is 13.4. The van der Waals surface area contributed by atoms with Gasteiger partial charge in [0.25, 0.3) is 0 Å². The van der Waals surface area contributed by atoms with Crippen molar-refractivity contribution in [3.63, 3.8) is 0 Å². The quantitative estimate of drug-likeness (QED) is 0.745. The van der Waals surface area contributed by atoms with Crippen molar-refractivity contribution < 1.29 is 22.1 Å². The predicted molar refractivity (Wildman–Crippen MR) is 76.3 cm³/mol. The molecule has 8 heteroatoms. The maximum atomic E-state index is 12.1. The van der Waals surface area contributed by atoms with E-state index in [1.165, 1.54) is 24.4 Å². The Morgan fingerprint density at radius 3 is 2.35 bits per heavy atom. The summed E-state index contributed by atoms with van der Waals surface area (Å²) in [5, 5.41) is 0. The molecule has 1 aromatic rings. The monoisotopic (exact) mass is 371 g/mol. The summed E-state index contributed by atoms with van der Waals surface area (Å²) in [5.41, 5.74) is 0.511. The fourth-order valence-corrected chi connectivity index (χ4v) is 2.06. The van der Waals surface area contributed by atoms with E-state index in [-0.39, 0.29) is 5.75 Å². The molecule has 0 heterocycles. The molecule has 0 amide bonds. The summed E-state index contributed by atoms with van der Waals surface area (Å²) in [5.74, 6) is -0.335. The first-order valence-corrected chi connectivity index (χ1v) is 7.40. The second-order valence-electron chi connectivity index (χ2n) is 4.83. The van der Waals surface area contributed by atoms with Gasteiger partial charge in [-0.15, -0.1) is 13.2 Å². The smallest absolute Gasteiger partial charge is 0.406 e. The van der Waals surface area contributed by atoms with E-state index in [9.17, 15) is 17.4 Å². The third-order valence-electron chi connectivity index (χ3n) is 2.02. The van der Waals surface area contributed by atoms with E-state index in [0.717, 1.165) is 0 Å². The highest BCUT2D eigenvalue weighted by Gasteiger charge is 2.31. The minimum absolute atomic E-state index is 0.335. The molecule has 1 aromatic carbocycles. The van der Waals surface area contributed by atoms with Gasteiger partial charge in [0.2, 0.25) is 0 Å². The van der Waals surface area contributed by atoms with Crippen LogP contribution >= 0.6 is 15.9 Å². The lowest BCUT2D eigenvalue weighted by Gasteiger charge is -2.13. The Bertz CT molecular complexity index is 538. The van der Waals surface area contributed by atoms with Crippen LogP contribution in [0.5, 0.6) is 5.75 Å². The summed E-state index contributed by atoms with van der Waals surface area (Å²) in [6.07, 6.45) is -3.38. The van der Waals surface area contributed by atoms with Gasteiger partial charge in [-0.25, -0.2) is 4.21 Å². The molecule has 112 valence electrons. The number of hydrogen-bond donors (Lipinski definition) is 0. The van der Waals surface area contributed by atoms with Crippen LogP contribution in [0, 0.1) is 0 Å². The molecular formula is C12H13BrF3NO2S. The zero-order chi connectivity index (χ0) is 15.6. The molecule has 0 fully saturated rings. The average Bonchev–Trinajstić information content (AvgIpc) is 2.23. The van der Waals surface area contributed by atoms with Crippen molar-refractivity contribution in [1.82, 2.24) is 0 Å². The maximum Gasteiger partial charge on any atom is 0.573 e. The standard InChI is InChI=1S/C12H13BrF3NO2S/c1-11(2,3)20(18)17-7-8-4-5-9(6-10(8)13)19-12(14,15)16/h4-7H,1-3H3/b17-7+/t20-/m0/s1. The zero-order valence-electron chi connectivity index (χ0n) is 11.0. The average molecular weight is 372 g/mol. The Kier molecular flexibility index (Phi) is 5.37. The first kappa shape index (κ1) is 17.2. The highest BCUT2D eigenvalue weighted by molar-refractivity contribution is 9.10. The Balaban J connectivity index is 2.89. The fourth-order valence-electron chi connectivity index (χ4n) is 1.07. The van der Waals surface area contributed by atoms with Crippen LogP contribution < -0.4 is 4.74 Å². The van der Waals surface area contributed by atoms with Crippen LogP contribution in [0.4, 0.5) is 13.2 Å². The molecule has 0 saturated carbocycles. The molecule has 20 heavy (non-hydrogen) atoms. The van der Waals surface area contributed by atoms with Crippen LogP contribution in [0.3, 0.4) is 0 Å². The van der Waals surface area contributed by atoms with Crippen LogP contribution in [0.25, 0.3) is 0 Å². The fraction of sp³-hybridized carbons (Fsp3) is 0.417. The molecule has 0 N–H and O–H groups in total. The summed E-state index contributed by atoms with van der Waals surface area (Å²) >= 11 is 3.12. The molecule has 3 nitrogen and oxygen atoms in total. The van der Waals surface area contributed by atoms with Crippen molar-refractivity contribution in [2.24, 2.45) is 4.40 Å². The molecule has 1 atom stereocenters. The molecule has 0 saturated heterocycles. The SMILES string of the molecule is CC(C)(C)[S@](=O)/N=C/c1ccc(OC(F)(F)F)cc1Br. The van der Waals surface area contributed by atoms with Crippen LogP contribution in [0.1, 0.15) is 26.3 Å². The molecule has 0 radical (unpaired) electrons. The number of alkyl halides is 3. The van der Waals surface area contributed by atoms with Crippen molar-refractivity contribution >= 4 is 33.1 Å². The Hall–Kier alpha value is -0.890. The van der Waals surface area contributed by atoms with Gasteiger partial charge in [0.05, 0.1) is 4.75 Å². The van der Waals surface area contributed by atoms with Crippen LogP contribution in [0.2, 0.25) is 0 Å². The van der Waals surface area contributed by atoms with Gasteiger partial charge in [0, 0.05) is 16.3 Å². The van der Waals surface area contributed by atoms with Gasteiger partial charge in [-0.3, -0.25) is 0 Å². The van der Waals surface area contributed by atoms with Crippen molar-refractivity contribution in [2.45, 2.75) is 31.9 Å². The van der Waals surface area contributed by atoms with Crippen molar-refractivity contribution in [3.8, 4) is 5.75 Å². The minimum Gasteiger partial charge on any atom is -0.406 e. The molecule has 0 aromatic heterocycles. The number of benzene rings is 1. The molecule has 0 aliphatic heterocycles. The Morgan fingerprint density at radius 1 is 1.30 bits per heavy atom. The number of hydrogen-bond acceptors (Lipinski definition) is 2. The minimum atomic E-state index is -4.73. The van der Waals surface area contributed by atoms with E-state index in [1.807, 2.05) is 0 Å². The van der Waals surface area contributed by atoms with Gasteiger partial charge in [-0.05, 0) is 54.9 Å². The second-order valence-corrected chi connectivity index (χ2v) is 7.62. The molecule has 1 rings (SSSR count). The summed E-state index contributed by atoms with van der Waals surface area (Å²) in [4.78, 5) is 0. The Labute approximate surface area is 126 Å². The van der Waals surface area contributed by atoms with Gasteiger partial charge in [0.1, 0.15) is 16.7 Å². The lowest BCUT2D eigenvalue weighted by atomic mass is 10.2. The lowest BCUT2D eigenvalue weighted by molar-refractivity contribution is -0.274. The molecule has 0 spiro atoms. The van der Waals surface area contributed by atoms with E-state index in [2.05, 4.69) is 25.1 Å². The van der Waals surface area contributed by atoms with Crippen molar-refractivity contribution in [1.29, 1.82) is 0 Å². The van der Waals surface area contributed by atoms with Gasteiger partial charge in [-0.1, -0.05) is 0 Å². The molecule has 0 bridgehead atoms. The predicted octanol–water partition coefficient (Wildman–Crippen LogP) is 4.23. The highest BCUT2D eigenvalue weighted by Crippen LogP contribution is 2.27. The number of rotatable bonds is 3. The Morgan fingerprint density at radius 2 is 1.90 bits per heavy atom. The highest BCUT2D eigenvalue weighted by atomic mass is 79.9. The van der Waals surface area contributed by atoms with E-state index in [4.69, 9.17) is 0 Å². The second kappa shape index (κ2) is 6.26. The van der Waals surface area contributed by atoms with Gasteiger partial charge >= 0.3 is 6.36 Å². The van der Waals surface area contributed by atoms with Crippen LogP contribution in [-0.2, 0) is 11.0 Å². The van der Waals surface area contributed by atoms with Gasteiger partial charge in [0.15, 0.2) is 0 Å². The maximum absolute atomic E-state index is 12.1. The van der Waals surface area contributed by atoms with Crippen LogP contribution in [0.15, 0.2) is 27.1 Å². The summed E-state index contributed by atoms with van der Waals surface area (Å²) in [7, 11) is -1.43. The van der Waals surface area contributed by atoms with E-state index in [1.54, 1.807) is 20.8 Å². The first-order valence-electron chi connectivity index (χ1n) is 5.50. The molecule has 0 unspecified atom stereocenters. The van der Waals surface area contributed by atoms with Crippen LogP contribution in [-0.4, -0.2) is 21.5 Å². The first-order chi connectivity index (χ1) is 8.99. The lowest BCUT2D eigenvalue weighted by Crippen LogP contribution is -2.19. The largest absolute Gasteiger partial charge is 0.573 e. The molecular weight excluding hydrogens is 359 g/mol. The van der Waals surface area contributed by atoms with E-state index in [0.29, 0.717) is 10.0 Å². The van der Waals surface area contributed by atoms with E-state index < -0.39 is 22.1 Å². The van der Waals surface area contributed by atoms with E-state index >= 15 is 0 Å². The summed E-state index contributed by atoms with van der Waals surface area (Å²) < 4.78 is 55.4. The third kappa shape index (κ3) is 5.62. The summed E-state index contributed by atoms with van der Waals surface area (Å²) in [6, 6.07) is 3.74. The van der Waals surface area contributed by atoms with Crippen molar-refractivity contribution in [3.05, 3.63) is 28.2 Å². The normalized spacial score (nSPS) is 14.6. The summed E-state index contributed by atoms with van der Waals surface area (Å²) in [6.45, 7) is 5.32. The van der Waals surface area contributed by atoms with Gasteiger partial charge < -0.3 is 4.74 Å².